The lowest BCUT2D eigenvalue weighted by Gasteiger charge is -2.21. The molecule has 1 aliphatic rings. The van der Waals surface area contributed by atoms with Crippen molar-refractivity contribution in [2.24, 2.45) is 0 Å². The second kappa shape index (κ2) is 8.71. The first-order chi connectivity index (χ1) is 13.2. The number of Topliss-reactive ketones (excluding diaryl/α,β-unsaturated/α-hetero) is 1. The smallest absolute Gasteiger partial charge is 0.352 e. The molecule has 1 atom stereocenters. The van der Waals surface area contributed by atoms with Crippen LogP contribution in [-0.2, 0) is 16.0 Å². The second-order valence-electron chi connectivity index (χ2n) is 6.41. The highest BCUT2D eigenvalue weighted by Gasteiger charge is 2.29. The van der Waals surface area contributed by atoms with Crippen LogP contribution in [0.1, 0.15) is 53.8 Å². The Morgan fingerprint density at radius 2 is 1.74 bits per heavy atom. The number of ketones is 1. The maximum absolute atomic E-state index is 12.8. The Balaban J connectivity index is 2.04. The molecule has 0 bridgehead atoms. The van der Waals surface area contributed by atoms with Crippen molar-refractivity contribution in [1.82, 2.24) is 0 Å². The molecule has 5 nitrogen and oxygen atoms in total. The molecule has 0 amide bonds. The molecule has 0 spiro atoms. The molecule has 5 heteroatoms. The van der Waals surface area contributed by atoms with E-state index in [1.165, 1.54) is 0 Å². The van der Waals surface area contributed by atoms with E-state index in [1.807, 2.05) is 30.3 Å². The largest absolute Gasteiger partial charge is 0.496 e. The molecule has 0 radical (unpaired) electrons. The predicted molar refractivity (Wildman–Crippen MR) is 101 cm³/mol. The summed E-state index contributed by atoms with van der Waals surface area (Å²) < 4.78 is 16.7. The molecule has 0 aromatic heterocycles. The summed E-state index contributed by atoms with van der Waals surface area (Å²) in [6, 6.07) is 12.7. The van der Waals surface area contributed by atoms with Crippen LogP contribution in [-0.4, -0.2) is 25.5 Å². The first-order valence-electron chi connectivity index (χ1n) is 9.27. The zero-order valence-corrected chi connectivity index (χ0v) is 15.7. The second-order valence-corrected chi connectivity index (χ2v) is 6.41. The van der Waals surface area contributed by atoms with Crippen molar-refractivity contribution < 1.29 is 23.8 Å². The number of ether oxygens (including phenoxy) is 3. The first kappa shape index (κ1) is 19.0. The quantitative estimate of drug-likeness (QED) is 0.562. The number of esters is 1. The standard InChI is InChI=1S/C22H24O5/c1-3-26-22(24)21(15-9-5-4-6-10-15)27-19-14-13-18(25-2)16-11-7-8-12-17(23)20(16)19/h4-6,9-10,13-14,21H,3,7-8,11-12H2,1-2H3. The zero-order chi connectivity index (χ0) is 19.2. The van der Waals surface area contributed by atoms with Gasteiger partial charge in [0.25, 0.3) is 0 Å². The van der Waals surface area contributed by atoms with Gasteiger partial charge in [0.15, 0.2) is 5.78 Å². The summed E-state index contributed by atoms with van der Waals surface area (Å²) in [7, 11) is 1.59. The molecule has 1 unspecified atom stereocenters. The Hall–Kier alpha value is -2.82. The molecule has 0 N–H and O–H groups in total. The van der Waals surface area contributed by atoms with Crippen molar-refractivity contribution in [2.45, 2.75) is 38.7 Å². The minimum absolute atomic E-state index is 0.0204. The van der Waals surface area contributed by atoms with Crippen LogP contribution in [0.3, 0.4) is 0 Å². The van der Waals surface area contributed by atoms with Gasteiger partial charge >= 0.3 is 5.97 Å². The fraction of sp³-hybridized carbons (Fsp3) is 0.364. The molecule has 2 aromatic rings. The van der Waals surface area contributed by atoms with Gasteiger partial charge in [-0.15, -0.1) is 0 Å². The Kier molecular flexibility index (Phi) is 6.12. The van der Waals surface area contributed by atoms with Crippen LogP contribution in [0.4, 0.5) is 0 Å². The van der Waals surface area contributed by atoms with Crippen LogP contribution >= 0.6 is 0 Å². The SMILES string of the molecule is CCOC(=O)C(Oc1ccc(OC)c2c1C(=O)CCCC2)c1ccccc1. The molecule has 0 heterocycles. The van der Waals surface area contributed by atoms with Gasteiger partial charge in [-0.1, -0.05) is 30.3 Å². The molecule has 0 aliphatic heterocycles. The monoisotopic (exact) mass is 368 g/mol. The van der Waals surface area contributed by atoms with Gasteiger partial charge in [0, 0.05) is 17.5 Å². The van der Waals surface area contributed by atoms with Crippen molar-refractivity contribution in [3.05, 3.63) is 59.2 Å². The summed E-state index contributed by atoms with van der Waals surface area (Å²) in [4.78, 5) is 25.3. The number of fused-ring (bicyclic) bond motifs is 1. The highest BCUT2D eigenvalue weighted by atomic mass is 16.6. The number of carbonyl (C=O) groups excluding carboxylic acids is 2. The van der Waals surface area contributed by atoms with E-state index >= 15 is 0 Å². The van der Waals surface area contributed by atoms with E-state index in [1.54, 1.807) is 26.2 Å². The minimum atomic E-state index is -0.931. The van der Waals surface area contributed by atoms with Crippen LogP contribution in [0.25, 0.3) is 0 Å². The van der Waals surface area contributed by atoms with E-state index in [0.717, 1.165) is 24.8 Å². The van der Waals surface area contributed by atoms with E-state index < -0.39 is 12.1 Å². The zero-order valence-electron chi connectivity index (χ0n) is 15.7. The van der Waals surface area contributed by atoms with Gasteiger partial charge in [-0.25, -0.2) is 4.79 Å². The number of hydrogen-bond donors (Lipinski definition) is 0. The first-order valence-corrected chi connectivity index (χ1v) is 9.27. The van der Waals surface area contributed by atoms with Crippen LogP contribution in [0.5, 0.6) is 11.5 Å². The normalized spacial score (nSPS) is 14.7. The highest BCUT2D eigenvalue weighted by molar-refractivity contribution is 6.01. The van der Waals surface area contributed by atoms with Gasteiger partial charge in [-0.3, -0.25) is 4.79 Å². The number of hydrogen-bond acceptors (Lipinski definition) is 5. The molecule has 0 fully saturated rings. The Labute approximate surface area is 159 Å². The molecular formula is C22H24O5. The van der Waals surface area contributed by atoms with E-state index in [0.29, 0.717) is 29.0 Å². The van der Waals surface area contributed by atoms with Crippen molar-refractivity contribution >= 4 is 11.8 Å². The van der Waals surface area contributed by atoms with Gasteiger partial charge in [0.05, 0.1) is 19.3 Å². The van der Waals surface area contributed by atoms with Crippen molar-refractivity contribution in [2.75, 3.05) is 13.7 Å². The third-order valence-electron chi connectivity index (χ3n) is 4.66. The summed E-state index contributed by atoms with van der Waals surface area (Å²) in [6.45, 7) is 2.01. The molecule has 0 saturated carbocycles. The molecule has 27 heavy (non-hydrogen) atoms. The number of rotatable bonds is 6. The molecular weight excluding hydrogens is 344 g/mol. The van der Waals surface area contributed by atoms with E-state index in [-0.39, 0.29) is 12.4 Å². The van der Waals surface area contributed by atoms with Gasteiger partial charge in [0.1, 0.15) is 11.5 Å². The van der Waals surface area contributed by atoms with Gasteiger partial charge < -0.3 is 14.2 Å². The molecule has 2 aromatic carbocycles. The van der Waals surface area contributed by atoms with Gasteiger partial charge in [-0.05, 0) is 38.3 Å². The third kappa shape index (κ3) is 4.13. The summed E-state index contributed by atoms with van der Waals surface area (Å²) in [5.41, 5.74) is 2.06. The molecule has 0 saturated heterocycles. The Morgan fingerprint density at radius 3 is 2.44 bits per heavy atom. The van der Waals surface area contributed by atoms with Crippen LogP contribution in [0.15, 0.2) is 42.5 Å². The van der Waals surface area contributed by atoms with Gasteiger partial charge in [0.2, 0.25) is 6.10 Å². The van der Waals surface area contributed by atoms with E-state index in [4.69, 9.17) is 14.2 Å². The maximum atomic E-state index is 12.8. The average molecular weight is 368 g/mol. The number of methoxy groups -OCH3 is 1. The lowest BCUT2D eigenvalue weighted by molar-refractivity contribution is -0.151. The van der Waals surface area contributed by atoms with Crippen molar-refractivity contribution in [1.29, 1.82) is 0 Å². The molecule has 1 aliphatic carbocycles. The number of carbonyl (C=O) groups is 2. The summed E-state index contributed by atoms with van der Waals surface area (Å²) in [5.74, 6) is 0.626. The minimum Gasteiger partial charge on any atom is -0.496 e. The third-order valence-corrected chi connectivity index (χ3v) is 4.66. The fourth-order valence-corrected chi connectivity index (χ4v) is 3.39. The maximum Gasteiger partial charge on any atom is 0.352 e. The summed E-state index contributed by atoms with van der Waals surface area (Å²) >= 11 is 0. The average Bonchev–Trinajstić information content (AvgIpc) is 2.89. The Bertz CT molecular complexity index is 813. The Morgan fingerprint density at radius 1 is 1.04 bits per heavy atom. The van der Waals surface area contributed by atoms with Crippen LogP contribution in [0, 0.1) is 0 Å². The van der Waals surface area contributed by atoms with E-state index in [2.05, 4.69) is 0 Å². The lowest BCUT2D eigenvalue weighted by atomic mass is 9.99. The predicted octanol–water partition coefficient (Wildman–Crippen LogP) is 4.29. The molecule has 142 valence electrons. The summed E-state index contributed by atoms with van der Waals surface area (Å²) in [6.07, 6.45) is 2.02. The fourth-order valence-electron chi connectivity index (χ4n) is 3.39. The van der Waals surface area contributed by atoms with Crippen molar-refractivity contribution in [3.63, 3.8) is 0 Å². The van der Waals surface area contributed by atoms with Gasteiger partial charge in [-0.2, -0.15) is 0 Å². The van der Waals surface area contributed by atoms with Crippen LogP contribution < -0.4 is 9.47 Å². The highest BCUT2D eigenvalue weighted by Crippen LogP contribution is 2.37. The number of benzene rings is 2. The lowest BCUT2D eigenvalue weighted by Crippen LogP contribution is -2.22. The van der Waals surface area contributed by atoms with Crippen LogP contribution in [0.2, 0.25) is 0 Å². The molecule has 3 rings (SSSR count). The van der Waals surface area contributed by atoms with E-state index in [9.17, 15) is 9.59 Å². The summed E-state index contributed by atoms with van der Waals surface area (Å²) in [5, 5.41) is 0. The topological polar surface area (TPSA) is 61.8 Å². The van der Waals surface area contributed by atoms with Crippen molar-refractivity contribution in [3.8, 4) is 11.5 Å².